The molecule has 2 aromatic rings. The molecule has 0 spiro atoms. The second-order valence-corrected chi connectivity index (χ2v) is 5.33. The second-order valence-electron chi connectivity index (χ2n) is 5.33. The Morgan fingerprint density at radius 3 is 2.48 bits per heavy atom. The number of anilines is 1. The standard InChI is InChI=1S/C18H21N3O2/c1-3-12-21(18(23)15-8-10-19-11-9-15)13-17(22)20-16-7-5-4-6-14(16)2/h4-11H,3,12-13H2,1-2H3,(H,20,22). The maximum absolute atomic E-state index is 12.5. The number of hydrogen-bond donors (Lipinski definition) is 1. The van der Waals surface area contributed by atoms with Gasteiger partial charge in [-0.3, -0.25) is 14.6 Å². The van der Waals surface area contributed by atoms with Gasteiger partial charge in [-0.25, -0.2) is 0 Å². The second kappa shape index (κ2) is 8.08. The van der Waals surface area contributed by atoms with E-state index in [-0.39, 0.29) is 18.4 Å². The Labute approximate surface area is 136 Å². The van der Waals surface area contributed by atoms with Crippen molar-refractivity contribution in [2.45, 2.75) is 20.3 Å². The molecule has 0 saturated carbocycles. The molecule has 0 radical (unpaired) electrons. The summed E-state index contributed by atoms with van der Waals surface area (Å²) in [5.41, 5.74) is 2.30. The molecule has 0 unspecified atom stereocenters. The van der Waals surface area contributed by atoms with Crippen molar-refractivity contribution in [3.63, 3.8) is 0 Å². The predicted molar refractivity (Wildman–Crippen MR) is 90.2 cm³/mol. The van der Waals surface area contributed by atoms with E-state index >= 15 is 0 Å². The number of carbonyl (C=O) groups excluding carboxylic acids is 2. The van der Waals surface area contributed by atoms with E-state index in [1.807, 2.05) is 38.1 Å². The van der Waals surface area contributed by atoms with Crippen LogP contribution in [0.2, 0.25) is 0 Å². The first-order chi connectivity index (χ1) is 11.1. The van der Waals surface area contributed by atoms with Crippen molar-refractivity contribution in [1.29, 1.82) is 0 Å². The minimum Gasteiger partial charge on any atom is -0.329 e. The molecule has 23 heavy (non-hydrogen) atoms. The van der Waals surface area contributed by atoms with Crippen LogP contribution in [0, 0.1) is 6.92 Å². The van der Waals surface area contributed by atoms with Crippen LogP contribution in [-0.4, -0.2) is 34.8 Å². The zero-order chi connectivity index (χ0) is 16.7. The third-order valence-electron chi connectivity index (χ3n) is 3.46. The Morgan fingerprint density at radius 2 is 1.83 bits per heavy atom. The van der Waals surface area contributed by atoms with E-state index in [1.54, 1.807) is 29.4 Å². The van der Waals surface area contributed by atoms with Gasteiger partial charge in [0.2, 0.25) is 5.91 Å². The van der Waals surface area contributed by atoms with Crippen LogP contribution in [0.5, 0.6) is 0 Å². The SMILES string of the molecule is CCCN(CC(=O)Nc1ccccc1C)C(=O)c1ccncc1. The van der Waals surface area contributed by atoms with Gasteiger partial charge in [0.05, 0.1) is 0 Å². The highest BCUT2D eigenvalue weighted by molar-refractivity contribution is 5.99. The normalized spacial score (nSPS) is 10.2. The van der Waals surface area contributed by atoms with Crippen LogP contribution in [-0.2, 0) is 4.79 Å². The maximum Gasteiger partial charge on any atom is 0.254 e. The number of aromatic nitrogens is 1. The van der Waals surface area contributed by atoms with Gasteiger partial charge in [-0.2, -0.15) is 0 Å². The number of nitrogens with zero attached hydrogens (tertiary/aromatic N) is 2. The molecule has 1 aromatic heterocycles. The van der Waals surface area contributed by atoms with E-state index in [0.29, 0.717) is 12.1 Å². The summed E-state index contributed by atoms with van der Waals surface area (Å²) < 4.78 is 0. The summed E-state index contributed by atoms with van der Waals surface area (Å²) >= 11 is 0. The van der Waals surface area contributed by atoms with Gasteiger partial charge in [0, 0.05) is 30.2 Å². The highest BCUT2D eigenvalue weighted by Gasteiger charge is 2.18. The fourth-order valence-electron chi connectivity index (χ4n) is 2.28. The Balaban J connectivity index is 2.05. The Bertz CT molecular complexity index is 671. The van der Waals surface area contributed by atoms with Crippen molar-refractivity contribution in [2.75, 3.05) is 18.4 Å². The number of aryl methyl sites for hydroxylation is 1. The number of benzene rings is 1. The quantitative estimate of drug-likeness (QED) is 0.892. The van der Waals surface area contributed by atoms with Gasteiger partial charge in [0.25, 0.3) is 5.91 Å². The minimum absolute atomic E-state index is 0.0311. The van der Waals surface area contributed by atoms with Gasteiger partial charge < -0.3 is 10.2 Å². The number of carbonyl (C=O) groups is 2. The fraction of sp³-hybridized carbons (Fsp3) is 0.278. The van der Waals surface area contributed by atoms with Crippen LogP contribution >= 0.6 is 0 Å². The topological polar surface area (TPSA) is 62.3 Å². The lowest BCUT2D eigenvalue weighted by Crippen LogP contribution is -2.38. The number of para-hydroxylation sites is 1. The van der Waals surface area contributed by atoms with Crippen LogP contribution in [0.25, 0.3) is 0 Å². The molecule has 120 valence electrons. The van der Waals surface area contributed by atoms with Crippen LogP contribution in [0.1, 0.15) is 29.3 Å². The number of rotatable bonds is 6. The van der Waals surface area contributed by atoms with Crippen LogP contribution in [0.3, 0.4) is 0 Å². The van der Waals surface area contributed by atoms with Crippen molar-refractivity contribution in [2.24, 2.45) is 0 Å². The summed E-state index contributed by atoms with van der Waals surface area (Å²) in [4.78, 5) is 30.2. The Hall–Kier alpha value is -2.69. The Morgan fingerprint density at radius 1 is 1.13 bits per heavy atom. The van der Waals surface area contributed by atoms with Gasteiger partial charge in [0.15, 0.2) is 0 Å². The smallest absolute Gasteiger partial charge is 0.254 e. The van der Waals surface area contributed by atoms with E-state index in [9.17, 15) is 9.59 Å². The lowest BCUT2D eigenvalue weighted by Gasteiger charge is -2.22. The predicted octanol–water partition coefficient (Wildman–Crippen LogP) is 2.88. The number of pyridine rings is 1. The van der Waals surface area contributed by atoms with Crippen molar-refractivity contribution in [3.8, 4) is 0 Å². The van der Waals surface area contributed by atoms with Gasteiger partial charge >= 0.3 is 0 Å². The van der Waals surface area contributed by atoms with Gasteiger partial charge in [-0.15, -0.1) is 0 Å². The minimum atomic E-state index is -0.199. The lowest BCUT2D eigenvalue weighted by atomic mass is 10.2. The molecule has 1 aromatic carbocycles. The molecule has 1 heterocycles. The molecule has 5 nitrogen and oxygen atoms in total. The summed E-state index contributed by atoms with van der Waals surface area (Å²) in [7, 11) is 0. The Kier molecular flexibility index (Phi) is 5.86. The highest BCUT2D eigenvalue weighted by Crippen LogP contribution is 2.13. The molecule has 0 bridgehead atoms. The van der Waals surface area contributed by atoms with Crippen molar-refractivity contribution in [1.82, 2.24) is 9.88 Å². The molecular formula is C18H21N3O2. The average molecular weight is 311 g/mol. The maximum atomic E-state index is 12.5. The van der Waals surface area contributed by atoms with Crippen molar-refractivity contribution < 1.29 is 9.59 Å². The van der Waals surface area contributed by atoms with Crippen molar-refractivity contribution in [3.05, 3.63) is 59.9 Å². The molecule has 2 amide bonds. The first kappa shape index (κ1) is 16.7. The highest BCUT2D eigenvalue weighted by atomic mass is 16.2. The molecule has 1 N–H and O–H groups in total. The van der Waals surface area contributed by atoms with Crippen LogP contribution < -0.4 is 5.32 Å². The van der Waals surface area contributed by atoms with E-state index in [0.717, 1.165) is 17.7 Å². The zero-order valence-electron chi connectivity index (χ0n) is 13.5. The summed E-state index contributed by atoms with van der Waals surface area (Å²) in [5, 5.41) is 2.86. The summed E-state index contributed by atoms with van der Waals surface area (Å²) in [6.45, 7) is 4.47. The molecular weight excluding hydrogens is 290 g/mol. The molecule has 2 rings (SSSR count). The molecule has 0 fully saturated rings. The molecule has 0 aliphatic carbocycles. The van der Waals surface area contributed by atoms with E-state index in [1.165, 1.54) is 0 Å². The summed E-state index contributed by atoms with van der Waals surface area (Å²) in [6, 6.07) is 10.9. The molecule has 0 saturated heterocycles. The third-order valence-corrected chi connectivity index (χ3v) is 3.46. The number of nitrogens with one attached hydrogen (secondary N) is 1. The first-order valence-electron chi connectivity index (χ1n) is 7.66. The van der Waals surface area contributed by atoms with Crippen LogP contribution in [0.4, 0.5) is 5.69 Å². The molecule has 5 heteroatoms. The molecule has 0 aliphatic rings. The largest absolute Gasteiger partial charge is 0.329 e. The number of hydrogen-bond acceptors (Lipinski definition) is 3. The fourth-order valence-corrected chi connectivity index (χ4v) is 2.28. The zero-order valence-corrected chi connectivity index (χ0v) is 13.5. The average Bonchev–Trinajstić information content (AvgIpc) is 2.57. The lowest BCUT2D eigenvalue weighted by molar-refractivity contribution is -0.116. The van der Waals surface area contributed by atoms with Crippen LogP contribution in [0.15, 0.2) is 48.8 Å². The third kappa shape index (κ3) is 4.64. The van der Waals surface area contributed by atoms with Gasteiger partial charge in [0.1, 0.15) is 6.54 Å². The molecule has 0 aliphatic heterocycles. The monoisotopic (exact) mass is 311 g/mol. The van der Waals surface area contributed by atoms with E-state index in [4.69, 9.17) is 0 Å². The van der Waals surface area contributed by atoms with Gasteiger partial charge in [-0.05, 0) is 37.1 Å². The summed E-state index contributed by atoms with van der Waals surface area (Å²) in [6.07, 6.45) is 3.93. The first-order valence-corrected chi connectivity index (χ1v) is 7.66. The van der Waals surface area contributed by atoms with Crippen molar-refractivity contribution >= 4 is 17.5 Å². The van der Waals surface area contributed by atoms with E-state index in [2.05, 4.69) is 10.3 Å². The van der Waals surface area contributed by atoms with E-state index < -0.39 is 0 Å². The summed E-state index contributed by atoms with van der Waals surface area (Å²) in [5.74, 6) is -0.357. The number of amides is 2. The van der Waals surface area contributed by atoms with Gasteiger partial charge in [-0.1, -0.05) is 25.1 Å². The molecule has 0 atom stereocenters.